The highest BCUT2D eigenvalue weighted by Crippen LogP contribution is 2.55. The van der Waals surface area contributed by atoms with Crippen LogP contribution in [0.2, 0.25) is 5.02 Å². The molecule has 172 valence electrons. The average molecular weight is 504 g/mol. The molecule has 0 fully saturated rings. The second kappa shape index (κ2) is 9.76. The molecule has 0 aliphatic rings. The monoisotopic (exact) mass is 503 g/mol. The van der Waals surface area contributed by atoms with Gasteiger partial charge in [0.1, 0.15) is 0 Å². The number of aliphatic hydroxyl groups is 1. The first-order valence-electron chi connectivity index (χ1n) is 9.36. The predicted octanol–water partition coefficient (Wildman–Crippen LogP) is 3.04. The molecule has 3 rings (SSSR count). The van der Waals surface area contributed by atoms with E-state index in [0.29, 0.717) is 27.7 Å². The van der Waals surface area contributed by atoms with Gasteiger partial charge >= 0.3 is 21.3 Å². The Morgan fingerprint density at radius 2 is 2.09 bits per heavy atom. The molecule has 5 N–H and O–H groups in total. The van der Waals surface area contributed by atoms with E-state index in [1.165, 1.54) is 0 Å². The van der Waals surface area contributed by atoms with Crippen molar-refractivity contribution in [2.24, 2.45) is 0 Å². The third-order valence-corrected chi connectivity index (χ3v) is 6.99. The van der Waals surface area contributed by atoms with Gasteiger partial charge < -0.3 is 30.1 Å². The topological polar surface area (TPSA) is 172 Å². The molecule has 32 heavy (non-hydrogen) atoms. The number of aromatic nitrogens is 4. The molecule has 2 unspecified atom stereocenters. The fraction of sp³-hybridized carbons (Fsp3) is 0.353. The fourth-order valence-electron chi connectivity index (χ4n) is 2.69. The summed E-state index contributed by atoms with van der Waals surface area (Å²) in [5.41, 5.74) is 1.77. The molecule has 0 radical (unpaired) electrons. The molecule has 0 amide bonds. The standard InChI is InChI=1S/C17H21ClN6O6P2/c1-10(2)24-9-20-13-14(21-12-5-3-4-11(18)8-12)22-16(23-15(13)24)19-6-7-30-17(25,31-26)32(27,28)29/h3-5,8-10,25H,6-7H2,1-2H3,(H2,27,28,29)(H2,19,21,22,23)/p+1. The number of nitrogens with one attached hydrogen (secondary N) is 2. The van der Waals surface area contributed by atoms with Crippen LogP contribution in [0.3, 0.4) is 0 Å². The summed E-state index contributed by atoms with van der Waals surface area (Å²) in [6.07, 6.45) is 1.65. The number of hydrogen-bond acceptors (Lipinski definition) is 9. The number of benzene rings is 1. The number of ether oxygens (including phenoxy) is 1. The van der Waals surface area contributed by atoms with E-state index < -0.39 is 21.3 Å². The van der Waals surface area contributed by atoms with Crippen molar-refractivity contribution in [3.63, 3.8) is 0 Å². The van der Waals surface area contributed by atoms with Gasteiger partial charge in [0.25, 0.3) is 0 Å². The fourth-order valence-corrected chi connectivity index (χ4v) is 3.78. The number of fused-ring (bicyclic) bond motifs is 1. The lowest BCUT2D eigenvalue weighted by Crippen LogP contribution is -2.28. The van der Waals surface area contributed by atoms with Gasteiger partial charge in [0.05, 0.1) is 12.9 Å². The van der Waals surface area contributed by atoms with Crippen LogP contribution in [0, 0.1) is 0 Å². The van der Waals surface area contributed by atoms with Crippen molar-refractivity contribution < 1.29 is 28.8 Å². The third kappa shape index (κ3) is 5.41. The Kier molecular flexibility index (Phi) is 7.46. The minimum absolute atomic E-state index is 0.0370. The maximum atomic E-state index is 11.3. The van der Waals surface area contributed by atoms with Crippen LogP contribution >= 0.6 is 27.7 Å². The summed E-state index contributed by atoms with van der Waals surface area (Å²) in [6, 6.07) is 7.13. The summed E-state index contributed by atoms with van der Waals surface area (Å²) in [6.45, 7) is 3.53. The van der Waals surface area contributed by atoms with Gasteiger partial charge in [0, 0.05) is 23.3 Å². The van der Waals surface area contributed by atoms with E-state index in [0.717, 1.165) is 0 Å². The van der Waals surface area contributed by atoms with Gasteiger partial charge in [-0.15, -0.1) is 0 Å². The Bertz CT molecular complexity index is 1170. The molecular formula is C17H22ClN6O6P2+. The zero-order valence-corrected chi connectivity index (χ0v) is 19.7. The molecule has 0 spiro atoms. The molecule has 12 nitrogen and oxygen atoms in total. The van der Waals surface area contributed by atoms with Crippen LogP contribution in [-0.2, 0) is 13.9 Å². The molecule has 0 bridgehead atoms. The SMILES string of the molecule is CC(C)n1cnc2c(Nc3cccc(Cl)c3)nc(NCCOC(O)([PH+]=O)P(=O)(O)O)nc21. The maximum absolute atomic E-state index is 11.3. The minimum Gasteiger partial charge on any atom is -0.352 e. The highest BCUT2D eigenvalue weighted by Gasteiger charge is 2.56. The van der Waals surface area contributed by atoms with Gasteiger partial charge in [-0.05, 0) is 32.0 Å². The lowest BCUT2D eigenvalue weighted by molar-refractivity contribution is -0.0841. The van der Waals surface area contributed by atoms with Crippen LogP contribution in [0.4, 0.5) is 17.5 Å². The summed E-state index contributed by atoms with van der Waals surface area (Å²) in [5.74, 6) is 0.588. The molecule has 1 aromatic carbocycles. The maximum Gasteiger partial charge on any atom is 0.471 e. The summed E-state index contributed by atoms with van der Waals surface area (Å²) in [4.78, 5) is 31.5. The quantitative estimate of drug-likeness (QED) is 0.156. The number of halogens is 1. The summed E-state index contributed by atoms with van der Waals surface area (Å²) in [5, 5.41) is 13.2. The molecular weight excluding hydrogens is 482 g/mol. The van der Waals surface area contributed by atoms with Gasteiger partial charge in [-0.2, -0.15) is 9.97 Å². The summed E-state index contributed by atoms with van der Waals surface area (Å²) in [7, 11) is -6.92. The minimum atomic E-state index is -5.15. The Morgan fingerprint density at radius 1 is 1.34 bits per heavy atom. The predicted molar refractivity (Wildman–Crippen MR) is 121 cm³/mol. The molecule has 2 aromatic heterocycles. The van der Waals surface area contributed by atoms with Crippen LogP contribution in [0.5, 0.6) is 0 Å². The Hall–Kier alpha value is -2.17. The lowest BCUT2D eigenvalue weighted by Gasteiger charge is -2.16. The van der Waals surface area contributed by atoms with E-state index in [2.05, 4.69) is 25.6 Å². The highest BCUT2D eigenvalue weighted by molar-refractivity contribution is 7.62. The Labute approximate surface area is 189 Å². The highest BCUT2D eigenvalue weighted by atomic mass is 35.5. The number of hydrogen-bond donors (Lipinski definition) is 5. The Balaban J connectivity index is 1.84. The molecule has 2 heterocycles. The van der Waals surface area contributed by atoms with E-state index in [1.807, 2.05) is 24.5 Å². The number of nitrogens with zero attached hydrogens (tertiary/aromatic N) is 4. The largest absolute Gasteiger partial charge is 0.471 e. The first-order valence-corrected chi connectivity index (χ1v) is 12.3. The number of imidazole rings is 1. The second-order valence-electron chi connectivity index (χ2n) is 6.98. The molecule has 0 aliphatic heterocycles. The average Bonchev–Trinajstić information content (AvgIpc) is 3.15. The molecule has 2 atom stereocenters. The van der Waals surface area contributed by atoms with Crippen LogP contribution in [0.25, 0.3) is 11.2 Å². The van der Waals surface area contributed by atoms with E-state index >= 15 is 0 Å². The van der Waals surface area contributed by atoms with Gasteiger partial charge in [-0.1, -0.05) is 22.2 Å². The third-order valence-electron chi connectivity index (χ3n) is 4.28. The van der Waals surface area contributed by atoms with E-state index in [-0.39, 0.29) is 25.1 Å². The van der Waals surface area contributed by atoms with Crippen LogP contribution in [0.15, 0.2) is 30.6 Å². The van der Waals surface area contributed by atoms with Gasteiger partial charge in [0.2, 0.25) is 5.95 Å². The summed E-state index contributed by atoms with van der Waals surface area (Å²) < 4.78 is 28.9. The first-order chi connectivity index (χ1) is 15.0. The smallest absolute Gasteiger partial charge is 0.352 e. The number of anilines is 3. The van der Waals surface area contributed by atoms with Crippen LogP contribution in [-0.4, -0.2) is 52.8 Å². The van der Waals surface area contributed by atoms with Gasteiger partial charge in [0.15, 0.2) is 17.0 Å². The molecule has 0 saturated carbocycles. The zero-order valence-electron chi connectivity index (χ0n) is 17.1. The lowest BCUT2D eigenvalue weighted by atomic mass is 10.3. The van der Waals surface area contributed by atoms with Gasteiger partial charge in [-0.25, -0.2) is 9.55 Å². The van der Waals surface area contributed by atoms with Crippen LogP contribution in [0.1, 0.15) is 19.9 Å². The second-order valence-corrected chi connectivity index (χ2v) is 10.4. The first kappa shape index (κ1) is 24.5. The normalized spacial score (nSPS) is 14.1. The molecule has 0 aliphatic carbocycles. The van der Waals surface area contributed by atoms with Crippen molar-refractivity contribution in [3.8, 4) is 0 Å². The van der Waals surface area contributed by atoms with Gasteiger partial charge in [-0.3, -0.25) is 4.74 Å². The summed E-state index contributed by atoms with van der Waals surface area (Å²) >= 11 is 6.06. The van der Waals surface area contributed by atoms with Crippen molar-refractivity contribution in [1.82, 2.24) is 19.5 Å². The Morgan fingerprint density at radius 3 is 2.72 bits per heavy atom. The van der Waals surface area contributed by atoms with E-state index in [4.69, 9.17) is 26.1 Å². The molecule has 3 aromatic rings. The molecule has 0 saturated heterocycles. The molecule has 15 heteroatoms. The van der Waals surface area contributed by atoms with Crippen molar-refractivity contribution in [3.05, 3.63) is 35.6 Å². The van der Waals surface area contributed by atoms with E-state index in [1.54, 1.807) is 24.5 Å². The van der Waals surface area contributed by atoms with Crippen molar-refractivity contribution in [2.75, 3.05) is 23.8 Å². The van der Waals surface area contributed by atoms with Crippen molar-refractivity contribution in [1.29, 1.82) is 0 Å². The number of rotatable bonds is 10. The van der Waals surface area contributed by atoms with Crippen molar-refractivity contribution in [2.45, 2.75) is 25.2 Å². The van der Waals surface area contributed by atoms with Crippen molar-refractivity contribution >= 4 is 56.3 Å². The van der Waals surface area contributed by atoms with Crippen LogP contribution < -0.4 is 10.6 Å². The zero-order chi connectivity index (χ0) is 23.5. The van der Waals surface area contributed by atoms with E-state index in [9.17, 15) is 14.2 Å².